The number of carbonyl (C=O) groups is 2. The van der Waals surface area contributed by atoms with E-state index in [0.29, 0.717) is 6.54 Å². The van der Waals surface area contributed by atoms with Gasteiger partial charge in [0.25, 0.3) is 5.91 Å². The lowest BCUT2D eigenvalue weighted by atomic mass is 9.98. The van der Waals surface area contributed by atoms with Crippen LogP contribution in [0.3, 0.4) is 0 Å². The van der Waals surface area contributed by atoms with Gasteiger partial charge < -0.3 is 15.0 Å². The van der Waals surface area contributed by atoms with Crippen molar-refractivity contribution in [3.63, 3.8) is 0 Å². The molecule has 1 aromatic rings. The Morgan fingerprint density at radius 2 is 2.00 bits per heavy atom. The highest BCUT2D eigenvalue weighted by molar-refractivity contribution is 6.07. The summed E-state index contributed by atoms with van der Waals surface area (Å²) < 4.78 is 5.18. The molecule has 1 aromatic carbocycles. The number of rotatable bonds is 4. The maximum atomic E-state index is 12.5. The largest absolute Gasteiger partial charge is 0.464 e. The molecule has 1 amide bonds. The number of para-hydroxylation sites is 2. The highest BCUT2D eigenvalue weighted by Gasteiger charge is 2.38. The van der Waals surface area contributed by atoms with E-state index in [0.717, 1.165) is 11.4 Å². The zero-order valence-electron chi connectivity index (χ0n) is 13.0. The fourth-order valence-corrected chi connectivity index (χ4v) is 2.28. The SMILES string of the molecule is CC(C)C(=O)OCCN1C(=O)C(C)(C)Nc2ccccc21. The van der Waals surface area contributed by atoms with Crippen molar-refractivity contribution in [1.82, 2.24) is 0 Å². The van der Waals surface area contributed by atoms with Crippen LogP contribution in [0, 0.1) is 5.92 Å². The van der Waals surface area contributed by atoms with Crippen molar-refractivity contribution in [3.05, 3.63) is 24.3 Å². The number of carbonyl (C=O) groups excluding carboxylic acids is 2. The monoisotopic (exact) mass is 290 g/mol. The van der Waals surface area contributed by atoms with Gasteiger partial charge in [-0.05, 0) is 26.0 Å². The van der Waals surface area contributed by atoms with Gasteiger partial charge in [0.1, 0.15) is 12.1 Å². The van der Waals surface area contributed by atoms with Crippen LogP contribution in [0.2, 0.25) is 0 Å². The zero-order chi connectivity index (χ0) is 15.6. The van der Waals surface area contributed by atoms with Crippen LogP contribution in [-0.4, -0.2) is 30.6 Å². The lowest BCUT2D eigenvalue weighted by molar-refractivity contribution is -0.147. The quantitative estimate of drug-likeness (QED) is 0.865. The van der Waals surface area contributed by atoms with Crippen LogP contribution in [0.1, 0.15) is 27.7 Å². The molecular weight excluding hydrogens is 268 g/mol. The van der Waals surface area contributed by atoms with E-state index in [9.17, 15) is 9.59 Å². The Balaban J connectivity index is 2.14. The number of esters is 1. The first kappa shape index (κ1) is 15.4. The Labute approximate surface area is 125 Å². The number of benzene rings is 1. The molecular formula is C16H22N2O3. The van der Waals surface area contributed by atoms with Gasteiger partial charge in [-0.1, -0.05) is 26.0 Å². The topological polar surface area (TPSA) is 58.6 Å². The average Bonchev–Trinajstić information content (AvgIpc) is 2.42. The second kappa shape index (κ2) is 5.76. The predicted octanol–water partition coefficient (Wildman–Crippen LogP) is 2.42. The summed E-state index contributed by atoms with van der Waals surface area (Å²) in [5.74, 6) is -0.431. The lowest BCUT2D eigenvalue weighted by Gasteiger charge is -2.39. The molecule has 114 valence electrons. The average molecular weight is 290 g/mol. The first-order valence-corrected chi connectivity index (χ1v) is 7.19. The molecule has 0 fully saturated rings. The number of amides is 1. The third-order valence-electron chi connectivity index (χ3n) is 3.45. The van der Waals surface area contributed by atoms with Gasteiger partial charge in [-0.15, -0.1) is 0 Å². The van der Waals surface area contributed by atoms with Crippen LogP contribution in [0.5, 0.6) is 0 Å². The zero-order valence-corrected chi connectivity index (χ0v) is 13.0. The first-order valence-electron chi connectivity index (χ1n) is 7.19. The van der Waals surface area contributed by atoms with Crippen LogP contribution >= 0.6 is 0 Å². The van der Waals surface area contributed by atoms with E-state index in [1.165, 1.54) is 0 Å². The molecule has 21 heavy (non-hydrogen) atoms. The summed E-state index contributed by atoms with van der Waals surface area (Å²) in [4.78, 5) is 25.7. The maximum Gasteiger partial charge on any atom is 0.308 e. The molecule has 1 aliphatic heterocycles. The van der Waals surface area contributed by atoms with E-state index >= 15 is 0 Å². The summed E-state index contributed by atoms with van der Waals surface area (Å²) in [5.41, 5.74) is 1.07. The van der Waals surface area contributed by atoms with Gasteiger partial charge in [0.15, 0.2) is 0 Å². The molecule has 5 nitrogen and oxygen atoms in total. The molecule has 0 saturated heterocycles. The molecule has 1 N–H and O–H groups in total. The Kier molecular flexibility index (Phi) is 4.21. The van der Waals surface area contributed by atoms with Crippen molar-refractivity contribution in [2.75, 3.05) is 23.4 Å². The number of anilines is 2. The summed E-state index contributed by atoms with van der Waals surface area (Å²) in [5, 5.41) is 3.23. The Bertz CT molecular complexity index is 552. The molecule has 5 heteroatoms. The van der Waals surface area contributed by atoms with Gasteiger partial charge >= 0.3 is 5.97 Å². The number of fused-ring (bicyclic) bond motifs is 1. The molecule has 0 radical (unpaired) electrons. The van der Waals surface area contributed by atoms with Crippen LogP contribution in [0.15, 0.2) is 24.3 Å². The molecule has 0 atom stereocenters. The molecule has 1 heterocycles. The second-order valence-corrected chi connectivity index (χ2v) is 6.05. The summed E-state index contributed by atoms with van der Waals surface area (Å²) in [6.45, 7) is 7.83. The minimum absolute atomic E-state index is 0.0261. The summed E-state index contributed by atoms with van der Waals surface area (Å²) in [7, 11) is 0. The summed E-state index contributed by atoms with van der Waals surface area (Å²) >= 11 is 0. The summed E-state index contributed by atoms with van der Waals surface area (Å²) in [6.07, 6.45) is 0. The number of ether oxygens (including phenoxy) is 1. The molecule has 0 spiro atoms. The third kappa shape index (κ3) is 3.17. The third-order valence-corrected chi connectivity index (χ3v) is 3.45. The van der Waals surface area contributed by atoms with E-state index in [2.05, 4.69) is 5.32 Å². The van der Waals surface area contributed by atoms with Gasteiger partial charge in [-0.2, -0.15) is 0 Å². The molecule has 2 rings (SSSR count). The number of hydrogen-bond donors (Lipinski definition) is 1. The maximum absolute atomic E-state index is 12.5. The Morgan fingerprint density at radius 1 is 1.33 bits per heavy atom. The van der Waals surface area contributed by atoms with E-state index in [4.69, 9.17) is 4.74 Å². The van der Waals surface area contributed by atoms with Crippen LogP contribution in [0.4, 0.5) is 11.4 Å². The highest BCUT2D eigenvalue weighted by Crippen LogP contribution is 2.34. The second-order valence-electron chi connectivity index (χ2n) is 6.05. The van der Waals surface area contributed by atoms with E-state index in [1.807, 2.05) is 38.1 Å². The molecule has 1 aliphatic rings. The van der Waals surface area contributed by atoms with Gasteiger partial charge in [-0.3, -0.25) is 9.59 Å². The molecule has 0 unspecified atom stereocenters. The first-order chi connectivity index (χ1) is 9.83. The lowest BCUT2D eigenvalue weighted by Crippen LogP contribution is -2.54. The van der Waals surface area contributed by atoms with Gasteiger partial charge in [0.05, 0.1) is 23.8 Å². The van der Waals surface area contributed by atoms with E-state index in [-0.39, 0.29) is 24.4 Å². The number of nitrogens with zero attached hydrogens (tertiary/aromatic N) is 1. The van der Waals surface area contributed by atoms with Crippen molar-refractivity contribution in [1.29, 1.82) is 0 Å². The van der Waals surface area contributed by atoms with Gasteiger partial charge in [-0.25, -0.2) is 0 Å². The standard InChI is InChI=1S/C16H22N2O3/c1-11(2)14(19)21-10-9-18-13-8-6-5-7-12(13)17-16(3,4)15(18)20/h5-8,11,17H,9-10H2,1-4H3. The molecule has 0 aromatic heterocycles. The van der Waals surface area contributed by atoms with Crippen molar-refractivity contribution in [2.24, 2.45) is 5.92 Å². The highest BCUT2D eigenvalue weighted by atomic mass is 16.5. The Morgan fingerprint density at radius 3 is 2.67 bits per heavy atom. The fraction of sp³-hybridized carbons (Fsp3) is 0.500. The fourth-order valence-electron chi connectivity index (χ4n) is 2.28. The van der Waals surface area contributed by atoms with E-state index < -0.39 is 5.54 Å². The normalized spacial score (nSPS) is 16.4. The number of hydrogen-bond acceptors (Lipinski definition) is 4. The Hall–Kier alpha value is -2.04. The van der Waals surface area contributed by atoms with Crippen molar-refractivity contribution >= 4 is 23.3 Å². The number of nitrogens with one attached hydrogen (secondary N) is 1. The summed E-state index contributed by atoms with van der Waals surface area (Å²) in [6, 6.07) is 7.64. The minimum atomic E-state index is -0.670. The van der Waals surface area contributed by atoms with Gasteiger partial charge in [0.2, 0.25) is 0 Å². The van der Waals surface area contributed by atoms with Crippen LogP contribution in [-0.2, 0) is 14.3 Å². The van der Waals surface area contributed by atoms with Gasteiger partial charge in [0, 0.05) is 0 Å². The van der Waals surface area contributed by atoms with E-state index in [1.54, 1.807) is 18.7 Å². The predicted molar refractivity (Wildman–Crippen MR) is 82.3 cm³/mol. The van der Waals surface area contributed by atoms with Crippen molar-refractivity contribution in [2.45, 2.75) is 33.2 Å². The molecule has 0 bridgehead atoms. The molecule has 0 aliphatic carbocycles. The smallest absolute Gasteiger partial charge is 0.308 e. The molecule has 0 saturated carbocycles. The minimum Gasteiger partial charge on any atom is -0.464 e. The van der Waals surface area contributed by atoms with Crippen molar-refractivity contribution in [3.8, 4) is 0 Å². The van der Waals surface area contributed by atoms with Crippen LogP contribution < -0.4 is 10.2 Å². The van der Waals surface area contributed by atoms with Crippen LogP contribution in [0.25, 0.3) is 0 Å². The van der Waals surface area contributed by atoms with Crippen molar-refractivity contribution < 1.29 is 14.3 Å².